The molecular weight excluding hydrogens is 290 g/mol. The molecule has 1 fully saturated rings. The molecule has 0 aliphatic carbocycles. The van der Waals surface area contributed by atoms with Crippen LogP contribution in [-0.2, 0) is 10.0 Å². The third kappa shape index (κ3) is 2.77. The number of nitrogens with two attached hydrogens (primary N) is 1. The average molecular weight is 306 g/mol. The van der Waals surface area contributed by atoms with E-state index in [1.54, 1.807) is 0 Å². The van der Waals surface area contributed by atoms with Gasteiger partial charge in [0.2, 0.25) is 10.0 Å². The topological polar surface area (TPSA) is 83.6 Å². The summed E-state index contributed by atoms with van der Waals surface area (Å²) in [5.74, 6) is -2.32. The molecule has 0 bridgehead atoms. The standard InChI is InChI=1S/C12H16F2N2O3S/c13-9-4-10(14)12(5-11(9)15)20(18,19)16-3-1-2-8(6-16)7-17/h4-5,8,17H,1-3,6-7,15H2. The maximum atomic E-state index is 13.7. The SMILES string of the molecule is Nc1cc(S(=O)(=O)N2CCCC(CO)C2)c(F)cc1F. The van der Waals surface area contributed by atoms with E-state index in [2.05, 4.69) is 0 Å². The Bertz CT molecular complexity index is 607. The van der Waals surface area contributed by atoms with E-state index in [-0.39, 0.29) is 25.6 Å². The third-order valence-corrected chi connectivity index (χ3v) is 5.29. The summed E-state index contributed by atoms with van der Waals surface area (Å²) in [6.45, 7) is 0.241. The summed E-state index contributed by atoms with van der Waals surface area (Å²) in [7, 11) is -4.07. The van der Waals surface area contributed by atoms with E-state index in [0.717, 1.165) is 16.8 Å². The minimum Gasteiger partial charge on any atom is -0.396 e. The number of rotatable bonds is 3. The van der Waals surface area contributed by atoms with Crippen molar-refractivity contribution in [1.29, 1.82) is 0 Å². The van der Waals surface area contributed by atoms with Crippen molar-refractivity contribution < 1.29 is 22.3 Å². The van der Waals surface area contributed by atoms with Crippen LogP contribution in [-0.4, -0.2) is 37.5 Å². The number of hydrogen-bond acceptors (Lipinski definition) is 4. The number of halogens is 2. The first-order chi connectivity index (χ1) is 9.36. The van der Waals surface area contributed by atoms with Crippen LogP contribution in [0.5, 0.6) is 0 Å². The molecule has 1 aliphatic rings. The molecule has 0 amide bonds. The van der Waals surface area contributed by atoms with E-state index in [9.17, 15) is 17.2 Å². The van der Waals surface area contributed by atoms with Crippen LogP contribution in [0, 0.1) is 17.6 Å². The zero-order valence-corrected chi connectivity index (χ0v) is 11.5. The highest BCUT2D eigenvalue weighted by atomic mass is 32.2. The summed E-state index contributed by atoms with van der Waals surface area (Å²) < 4.78 is 52.6. The van der Waals surface area contributed by atoms with Crippen LogP contribution in [0.1, 0.15) is 12.8 Å². The maximum Gasteiger partial charge on any atom is 0.246 e. The first-order valence-corrected chi connectivity index (χ1v) is 7.65. The predicted octanol–water partition coefficient (Wildman–Crippen LogP) is 0.940. The lowest BCUT2D eigenvalue weighted by atomic mass is 10.0. The lowest BCUT2D eigenvalue weighted by Crippen LogP contribution is -2.41. The van der Waals surface area contributed by atoms with Crippen LogP contribution < -0.4 is 5.73 Å². The van der Waals surface area contributed by atoms with Gasteiger partial charge in [-0.15, -0.1) is 0 Å². The van der Waals surface area contributed by atoms with E-state index in [1.807, 2.05) is 0 Å². The highest BCUT2D eigenvalue weighted by Crippen LogP contribution is 2.27. The minimum absolute atomic E-state index is 0.121. The molecule has 1 atom stereocenters. The van der Waals surface area contributed by atoms with Crippen molar-refractivity contribution in [3.63, 3.8) is 0 Å². The van der Waals surface area contributed by atoms with Crippen molar-refractivity contribution in [3.8, 4) is 0 Å². The van der Waals surface area contributed by atoms with E-state index >= 15 is 0 Å². The molecule has 1 aromatic carbocycles. The molecule has 112 valence electrons. The van der Waals surface area contributed by atoms with Crippen LogP contribution in [0.25, 0.3) is 0 Å². The summed E-state index contributed by atoms with van der Waals surface area (Å²) in [5.41, 5.74) is 4.89. The quantitative estimate of drug-likeness (QED) is 0.814. The van der Waals surface area contributed by atoms with Crippen molar-refractivity contribution in [2.24, 2.45) is 5.92 Å². The number of nitrogens with zero attached hydrogens (tertiary/aromatic N) is 1. The Morgan fingerprint density at radius 1 is 1.35 bits per heavy atom. The fraction of sp³-hybridized carbons (Fsp3) is 0.500. The molecule has 3 N–H and O–H groups in total. The number of aliphatic hydroxyl groups is 1. The number of hydrogen-bond donors (Lipinski definition) is 2. The van der Waals surface area contributed by atoms with Gasteiger partial charge in [-0.1, -0.05) is 0 Å². The van der Waals surface area contributed by atoms with Crippen molar-refractivity contribution in [1.82, 2.24) is 4.31 Å². The molecule has 5 nitrogen and oxygen atoms in total. The second-order valence-corrected chi connectivity index (χ2v) is 6.76. The van der Waals surface area contributed by atoms with Crippen LogP contribution in [0.15, 0.2) is 17.0 Å². The Hall–Kier alpha value is -1.25. The first kappa shape index (κ1) is 15.1. The van der Waals surface area contributed by atoms with Gasteiger partial charge in [-0.25, -0.2) is 17.2 Å². The molecule has 1 aromatic rings. The minimum atomic E-state index is -4.07. The van der Waals surface area contributed by atoms with Crippen molar-refractivity contribution in [2.75, 3.05) is 25.4 Å². The van der Waals surface area contributed by atoms with Gasteiger partial charge in [-0.05, 0) is 24.8 Å². The molecule has 1 aliphatic heterocycles. The van der Waals surface area contributed by atoms with Crippen LogP contribution in [0.3, 0.4) is 0 Å². The predicted molar refractivity (Wildman–Crippen MR) is 69.3 cm³/mol. The first-order valence-electron chi connectivity index (χ1n) is 6.21. The van der Waals surface area contributed by atoms with Gasteiger partial charge in [0.15, 0.2) is 0 Å². The Morgan fingerprint density at radius 2 is 2.05 bits per heavy atom. The molecule has 0 radical (unpaired) electrons. The summed E-state index contributed by atoms with van der Waals surface area (Å²) in [6.07, 6.45) is 1.30. The lowest BCUT2D eigenvalue weighted by Gasteiger charge is -2.31. The summed E-state index contributed by atoms with van der Waals surface area (Å²) >= 11 is 0. The fourth-order valence-corrected chi connectivity index (χ4v) is 3.91. The highest BCUT2D eigenvalue weighted by Gasteiger charge is 2.32. The second kappa shape index (κ2) is 5.63. The van der Waals surface area contributed by atoms with E-state index in [0.29, 0.717) is 12.5 Å². The molecule has 2 rings (SSSR count). The van der Waals surface area contributed by atoms with Crippen LogP contribution >= 0.6 is 0 Å². The second-order valence-electron chi connectivity index (χ2n) is 4.86. The highest BCUT2D eigenvalue weighted by molar-refractivity contribution is 7.89. The Morgan fingerprint density at radius 3 is 2.70 bits per heavy atom. The van der Waals surface area contributed by atoms with E-state index < -0.39 is 32.2 Å². The number of anilines is 1. The van der Waals surface area contributed by atoms with Crippen LogP contribution in [0.4, 0.5) is 14.5 Å². The average Bonchev–Trinajstić information content (AvgIpc) is 2.42. The third-order valence-electron chi connectivity index (χ3n) is 3.41. The lowest BCUT2D eigenvalue weighted by molar-refractivity contribution is 0.165. The number of benzene rings is 1. The molecule has 0 aromatic heterocycles. The van der Waals surface area contributed by atoms with Crippen molar-refractivity contribution in [2.45, 2.75) is 17.7 Å². The van der Waals surface area contributed by atoms with Gasteiger partial charge in [-0.2, -0.15) is 4.31 Å². The Labute approximate surface area is 116 Å². The van der Waals surface area contributed by atoms with Crippen LogP contribution in [0.2, 0.25) is 0 Å². The number of piperidine rings is 1. The maximum absolute atomic E-state index is 13.7. The Kier molecular flexibility index (Phi) is 4.26. The summed E-state index contributed by atoms with van der Waals surface area (Å²) in [4.78, 5) is -0.630. The molecule has 1 saturated heterocycles. The monoisotopic (exact) mass is 306 g/mol. The van der Waals surface area contributed by atoms with E-state index in [4.69, 9.17) is 10.8 Å². The molecule has 1 heterocycles. The molecule has 20 heavy (non-hydrogen) atoms. The molecule has 8 heteroatoms. The van der Waals surface area contributed by atoms with E-state index in [1.165, 1.54) is 0 Å². The number of aliphatic hydroxyl groups excluding tert-OH is 1. The van der Waals surface area contributed by atoms with Gasteiger partial charge in [-0.3, -0.25) is 0 Å². The van der Waals surface area contributed by atoms with Crippen molar-refractivity contribution in [3.05, 3.63) is 23.8 Å². The van der Waals surface area contributed by atoms with Gasteiger partial charge in [0.1, 0.15) is 16.5 Å². The number of nitrogen functional groups attached to an aromatic ring is 1. The summed E-state index contributed by atoms with van der Waals surface area (Å²) in [5, 5.41) is 9.12. The smallest absolute Gasteiger partial charge is 0.246 e. The largest absolute Gasteiger partial charge is 0.396 e. The molecular formula is C12H16F2N2O3S. The Balaban J connectivity index is 2.37. The zero-order valence-electron chi connectivity index (χ0n) is 10.7. The van der Waals surface area contributed by atoms with Gasteiger partial charge in [0, 0.05) is 25.8 Å². The van der Waals surface area contributed by atoms with Crippen molar-refractivity contribution >= 4 is 15.7 Å². The van der Waals surface area contributed by atoms with Gasteiger partial charge >= 0.3 is 0 Å². The van der Waals surface area contributed by atoms with Gasteiger partial charge < -0.3 is 10.8 Å². The normalized spacial score (nSPS) is 21.1. The molecule has 0 spiro atoms. The van der Waals surface area contributed by atoms with Gasteiger partial charge in [0.05, 0.1) is 5.69 Å². The van der Waals surface area contributed by atoms with Gasteiger partial charge in [0.25, 0.3) is 0 Å². The molecule has 1 unspecified atom stereocenters. The fourth-order valence-electron chi connectivity index (χ4n) is 2.28. The number of sulfonamides is 1. The zero-order chi connectivity index (χ0) is 14.9. The summed E-state index contributed by atoms with van der Waals surface area (Å²) in [6, 6.07) is 1.26. The molecule has 0 saturated carbocycles.